The van der Waals surface area contributed by atoms with Gasteiger partial charge in [-0.1, -0.05) is 41.5 Å². The molecule has 1 aromatic rings. The third-order valence-corrected chi connectivity index (χ3v) is 4.14. The van der Waals surface area contributed by atoms with E-state index < -0.39 is 0 Å². The predicted molar refractivity (Wildman–Crippen MR) is 69.6 cm³/mol. The molecule has 2 aliphatic carbocycles. The Bertz CT molecular complexity index is 449. The van der Waals surface area contributed by atoms with Crippen LogP contribution in [0.1, 0.15) is 36.8 Å². The van der Waals surface area contributed by atoms with E-state index in [1.54, 1.807) is 0 Å². The molecule has 0 saturated heterocycles. The second-order valence-corrected chi connectivity index (χ2v) is 5.59. The van der Waals surface area contributed by atoms with E-state index in [0.717, 1.165) is 25.7 Å². The molecule has 2 atom stereocenters. The van der Waals surface area contributed by atoms with Crippen LogP contribution in [0.25, 0.3) is 6.08 Å². The van der Waals surface area contributed by atoms with Gasteiger partial charge in [-0.15, -0.1) is 0 Å². The van der Waals surface area contributed by atoms with E-state index >= 15 is 0 Å². The Hall–Kier alpha value is -1.37. The van der Waals surface area contributed by atoms with Crippen LogP contribution in [0.15, 0.2) is 29.8 Å². The van der Waals surface area contributed by atoms with E-state index in [9.17, 15) is 4.79 Å². The van der Waals surface area contributed by atoms with E-state index in [0.29, 0.717) is 17.6 Å². The van der Waals surface area contributed by atoms with Gasteiger partial charge in [-0.25, -0.2) is 0 Å². The lowest BCUT2D eigenvalue weighted by Crippen LogP contribution is -1.95. The maximum Gasteiger partial charge on any atom is 0.133 e. The Morgan fingerprint density at radius 3 is 2.18 bits per heavy atom. The summed E-state index contributed by atoms with van der Waals surface area (Å²) in [4.78, 5) is 11.3. The average Bonchev–Trinajstić information content (AvgIpc) is 2.78. The average molecular weight is 226 g/mol. The first-order chi connectivity index (χ1) is 8.20. The van der Waals surface area contributed by atoms with Crippen molar-refractivity contribution in [3.8, 4) is 0 Å². The zero-order valence-corrected chi connectivity index (χ0v) is 10.3. The quantitative estimate of drug-likeness (QED) is 0.712. The second-order valence-electron chi connectivity index (χ2n) is 5.59. The van der Waals surface area contributed by atoms with Crippen molar-refractivity contribution >= 4 is 11.9 Å². The fraction of sp³-hybridized carbons (Fsp3) is 0.438. The van der Waals surface area contributed by atoms with Gasteiger partial charge in [0.05, 0.1) is 0 Å². The fourth-order valence-corrected chi connectivity index (χ4v) is 3.25. The van der Waals surface area contributed by atoms with Gasteiger partial charge in [0.15, 0.2) is 0 Å². The third kappa shape index (κ3) is 2.19. The first-order valence-electron chi connectivity index (χ1n) is 6.48. The van der Waals surface area contributed by atoms with E-state index in [2.05, 4.69) is 37.3 Å². The molecule has 0 heterocycles. The van der Waals surface area contributed by atoms with E-state index in [1.165, 1.54) is 16.7 Å². The number of rotatable bonds is 1. The van der Waals surface area contributed by atoms with E-state index in [1.807, 2.05) is 0 Å². The molecule has 3 rings (SSSR count). The number of allylic oxidation sites excluding steroid dienone is 1. The maximum absolute atomic E-state index is 11.3. The minimum Gasteiger partial charge on any atom is -0.300 e. The molecule has 1 nitrogen and oxygen atoms in total. The molecule has 2 saturated carbocycles. The van der Waals surface area contributed by atoms with Crippen molar-refractivity contribution in [2.45, 2.75) is 32.6 Å². The lowest BCUT2D eigenvalue weighted by molar-refractivity contribution is -0.117. The van der Waals surface area contributed by atoms with Crippen molar-refractivity contribution < 1.29 is 4.79 Å². The van der Waals surface area contributed by atoms with Crippen LogP contribution in [-0.4, -0.2) is 5.78 Å². The summed E-state index contributed by atoms with van der Waals surface area (Å²) in [5.41, 5.74) is 4.15. The zero-order chi connectivity index (χ0) is 11.8. The second kappa shape index (κ2) is 4.14. The minimum absolute atomic E-state index is 0.481. The summed E-state index contributed by atoms with van der Waals surface area (Å²) in [6.45, 7) is 2.11. The smallest absolute Gasteiger partial charge is 0.133 e. The lowest BCUT2D eigenvalue weighted by Gasteiger charge is -2.02. The van der Waals surface area contributed by atoms with Gasteiger partial charge in [0.2, 0.25) is 0 Å². The van der Waals surface area contributed by atoms with E-state index in [-0.39, 0.29) is 0 Å². The van der Waals surface area contributed by atoms with Gasteiger partial charge >= 0.3 is 0 Å². The van der Waals surface area contributed by atoms with Crippen molar-refractivity contribution in [3.05, 3.63) is 41.0 Å². The number of ketones is 1. The van der Waals surface area contributed by atoms with Crippen LogP contribution in [0, 0.1) is 18.8 Å². The number of aryl methyl sites for hydroxylation is 1. The van der Waals surface area contributed by atoms with Gasteiger partial charge in [0.1, 0.15) is 5.78 Å². The van der Waals surface area contributed by atoms with Crippen LogP contribution in [0.5, 0.6) is 0 Å². The predicted octanol–water partition coefficient (Wildman–Crippen LogP) is 3.77. The van der Waals surface area contributed by atoms with Crippen molar-refractivity contribution in [2.75, 3.05) is 0 Å². The van der Waals surface area contributed by atoms with Crippen molar-refractivity contribution in [1.82, 2.24) is 0 Å². The Morgan fingerprint density at radius 1 is 1.00 bits per heavy atom. The lowest BCUT2D eigenvalue weighted by atomic mass is 10.0. The number of benzene rings is 1. The zero-order valence-electron chi connectivity index (χ0n) is 10.3. The molecule has 0 bridgehead atoms. The molecule has 0 aliphatic heterocycles. The molecule has 0 radical (unpaired) electrons. The van der Waals surface area contributed by atoms with Crippen LogP contribution in [-0.2, 0) is 4.79 Å². The van der Waals surface area contributed by atoms with Crippen LogP contribution in [0.4, 0.5) is 0 Å². The summed E-state index contributed by atoms with van der Waals surface area (Å²) < 4.78 is 0. The van der Waals surface area contributed by atoms with Gasteiger partial charge < -0.3 is 0 Å². The summed E-state index contributed by atoms with van der Waals surface area (Å²) in [5, 5.41) is 0. The van der Waals surface area contributed by atoms with Crippen LogP contribution >= 0.6 is 0 Å². The van der Waals surface area contributed by atoms with Gasteiger partial charge in [0.25, 0.3) is 0 Å². The number of fused-ring (bicyclic) bond motifs is 1. The van der Waals surface area contributed by atoms with Gasteiger partial charge in [0, 0.05) is 12.8 Å². The number of hydrogen-bond donors (Lipinski definition) is 0. The molecule has 1 aromatic carbocycles. The number of carbonyl (C=O) groups is 1. The maximum atomic E-state index is 11.3. The van der Waals surface area contributed by atoms with Gasteiger partial charge in [-0.3, -0.25) is 4.79 Å². The molecule has 0 unspecified atom stereocenters. The highest BCUT2D eigenvalue weighted by atomic mass is 16.1. The highest BCUT2D eigenvalue weighted by molar-refractivity contribution is 5.81. The summed E-state index contributed by atoms with van der Waals surface area (Å²) in [6.07, 6.45) is 6.27. The highest BCUT2D eigenvalue weighted by Gasteiger charge is 2.38. The number of hydrogen-bond acceptors (Lipinski definition) is 1. The minimum atomic E-state index is 0.481. The monoisotopic (exact) mass is 226 g/mol. The van der Waals surface area contributed by atoms with Crippen LogP contribution in [0.2, 0.25) is 0 Å². The molecule has 1 heteroatoms. The molecular weight excluding hydrogens is 208 g/mol. The Labute approximate surface area is 103 Å². The topological polar surface area (TPSA) is 17.1 Å². The first-order valence-corrected chi connectivity index (χ1v) is 6.48. The third-order valence-electron chi connectivity index (χ3n) is 4.14. The summed E-state index contributed by atoms with van der Waals surface area (Å²) in [5.74, 6) is 1.78. The van der Waals surface area contributed by atoms with Gasteiger partial charge in [-0.2, -0.15) is 0 Å². The van der Waals surface area contributed by atoms with E-state index in [4.69, 9.17) is 0 Å². The Balaban J connectivity index is 1.75. The first kappa shape index (κ1) is 10.8. The molecule has 0 aromatic heterocycles. The fourth-order valence-electron chi connectivity index (χ4n) is 3.25. The highest BCUT2D eigenvalue weighted by Crippen LogP contribution is 2.45. The Morgan fingerprint density at radius 2 is 1.59 bits per heavy atom. The molecule has 2 fully saturated rings. The molecule has 0 spiro atoms. The molecule has 88 valence electrons. The van der Waals surface area contributed by atoms with Crippen molar-refractivity contribution in [3.63, 3.8) is 0 Å². The molecule has 0 N–H and O–H groups in total. The van der Waals surface area contributed by atoms with Crippen LogP contribution < -0.4 is 0 Å². The molecule has 0 amide bonds. The van der Waals surface area contributed by atoms with Gasteiger partial charge in [-0.05, 0) is 37.2 Å². The summed E-state index contributed by atoms with van der Waals surface area (Å²) in [6, 6.07) is 8.68. The molecular formula is C16H18O. The summed E-state index contributed by atoms with van der Waals surface area (Å²) in [7, 11) is 0. The van der Waals surface area contributed by atoms with Crippen LogP contribution in [0.3, 0.4) is 0 Å². The largest absolute Gasteiger partial charge is 0.300 e. The Kier molecular flexibility index (Phi) is 2.62. The number of Topliss-reactive ketones (excluding diaryl/α,β-unsaturated/α-hetero) is 1. The standard InChI is InChI=1S/C16H18O/c1-11-2-4-12(5-3-11)6-13-7-14-9-16(17)10-15(14)8-13/h2-6,14-15H,7-10H2,1H3/t14-,15+. The molecule has 17 heavy (non-hydrogen) atoms. The normalized spacial score (nSPS) is 29.9. The number of carbonyl (C=O) groups excluding carboxylic acids is 1. The van der Waals surface area contributed by atoms with Crippen molar-refractivity contribution in [1.29, 1.82) is 0 Å². The summed E-state index contributed by atoms with van der Waals surface area (Å²) >= 11 is 0. The molecule has 2 aliphatic rings. The van der Waals surface area contributed by atoms with Crippen molar-refractivity contribution in [2.24, 2.45) is 11.8 Å². The SMILES string of the molecule is Cc1ccc(C=C2C[C@H]3CC(=O)C[C@H]3C2)cc1.